The molecular formula is C16H13ClF3N3O5S. The van der Waals surface area contributed by atoms with Crippen LogP contribution in [0, 0.1) is 0 Å². The second-order valence-corrected chi connectivity index (χ2v) is 6.91. The number of nitrogens with zero attached hydrogens (tertiary/aromatic N) is 1. The third-order valence-corrected chi connectivity index (χ3v) is 4.51. The molecule has 1 aromatic heterocycles. The number of amides is 2. The van der Waals surface area contributed by atoms with E-state index in [9.17, 15) is 22.8 Å². The van der Waals surface area contributed by atoms with Crippen molar-refractivity contribution in [2.24, 2.45) is 0 Å². The minimum Gasteiger partial charge on any atom is -0.466 e. The molecule has 0 aliphatic carbocycles. The molecule has 0 fully saturated rings. The Bertz CT molecular complexity index is 939. The van der Waals surface area contributed by atoms with Crippen molar-refractivity contribution in [1.82, 2.24) is 10.3 Å². The van der Waals surface area contributed by atoms with Gasteiger partial charge in [0.2, 0.25) is 0 Å². The van der Waals surface area contributed by atoms with E-state index < -0.39 is 24.1 Å². The molecule has 0 bridgehead atoms. The SMILES string of the molecule is CCOC(=O)Cc1csc(NC(=O)N[C@]2(C(F)(F)F)Oc3ccc(Cl)cc3O2)n1. The maximum atomic E-state index is 13.6. The lowest BCUT2D eigenvalue weighted by Crippen LogP contribution is -2.65. The highest BCUT2D eigenvalue weighted by Gasteiger charge is 2.65. The van der Waals surface area contributed by atoms with E-state index in [1.165, 1.54) is 17.5 Å². The predicted octanol–water partition coefficient (Wildman–Crippen LogP) is 3.71. The first-order chi connectivity index (χ1) is 13.6. The van der Waals surface area contributed by atoms with E-state index in [-0.39, 0.29) is 34.7 Å². The fourth-order valence-corrected chi connectivity index (χ4v) is 3.16. The molecule has 2 heterocycles. The third kappa shape index (κ3) is 4.65. The van der Waals surface area contributed by atoms with Gasteiger partial charge in [-0.25, -0.2) is 9.78 Å². The molecule has 0 spiro atoms. The van der Waals surface area contributed by atoms with Crippen molar-refractivity contribution in [1.29, 1.82) is 0 Å². The van der Waals surface area contributed by atoms with Crippen LogP contribution in [0.1, 0.15) is 12.6 Å². The Morgan fingerprint density at radius 1 is 1.31 bits per heavy atom. The van der Waals surface area contributed by atoms with Gasteiger partial charge in [0.1, 0.15) is 0 Å². The van der Waals surface area contributed by atoms with Crippen LogP contribution in [0.5, 0.6) is 11.5 Å². The number of benzene rings is 1. The Morgan fingerprint density at radius 2 is 2.03 bits per heavy atom. The average Bonchev–Trinajstić information content (AvgIpc) is 3.18. The molecule has 1 atom stereocenters. The molecule has 2 amide bonds. The lowest BCUT2D eigenvalue weighted by Gasteiger charge is -2.29. The van der Waals surface area contributed by atoms with Gasteiger partial charge in [0, 0.05) is 16.5 Å². The van der Waals surface area contributed by atoms with Gasteiger partial charge >= 0.3 is 24.1 Å². The van der Waals surface area contributed by atoms with Gasteiger partial charge < -0.3 is 14.2 Å². The molecule has 3 rings (SSSR count). The molecule has 8 nitrogen and oxygen atoms in total. The summed E-state index contributed by atoms with van der Waals surface area (Å²) in [4.78, 5) is 27.5. The number of fused-ring (bicyclic) bond motifs is 1. The van der Waals surface area contributed by atoms with Gasteiger partial charge in [-0.15, -0.1) is 11.3 Å². The molecule has 1 aliphatic rings. The normalized spacial score (nSPS) is 17.7. The summed E-state index contributed by atoms with van der Waals surface area (Å²) < 4.78 is 55.3. The van der Waals surface area contributed by atoms with E-state index in [1.807, 2.05) is 0 Å². The number of hydrogen-bond donors (Lipinski definition) is 2. The van der Waals surface area contributed by atoms with E-state index >= 15 is 0 Å². The Morgan fingerprint density at radius 3 is 2.72 bits per heavy atom. The number of ether oxygens (including phenoxy) is 3. The minimum atomic E-state index is -5.12. The van der Waals surface area contributed by atoms with Crippen molar-refractivity contribution < 1.29 is 37.0 Å². The summed E-state index contributed by atoms with van der Waals surface area (Å²) in [6.45, 7) is 1.84. The summed E-state index contributed by atoms with van der Waals surface area (Å²) in [6.07, 6.45) is -5.25. The molecule has 0 unspecified atom stereocenters. The van der Waals surface area contributed by atoms with Gasteiger partial charge in [-0.05, 0) is 19.1 Å². The number of urea groups is 1. The number of hydrogen-bond acceptors (Lipinski definition) is 7. The van der Waals surface area contributed by atoms with Gasteiger partial charge in [0.15, 0.2) is 16.6 Å². The van der Waals surface area contributed by atoms with Crippen LogP contribution in [0.15, 0.2) is 23.6 Å². The number of anilines is 1. The Balaban J connectivity index is 1.70. The van der Waals surface area contributed by atoms with Crippen LogP contribution in [0.3, 0.4) is 0 Å². The topological polar surface area (TPSA) is 98.8 Å². The van der Waals surface area contributed by atoms with E-state index in [4.69, 9.17) is 25.8 Å². The van der Waals surface area contributed by atoms with Crippen molar-refractivity contribution in [3.8, 4) is 11.5 Å². The summed E-state index contributed by atoms with van der Waals surface area (Å²) in [5.74, 6) is -4.47. The lowest BCUT2D eigenvalue weighted by atomic mass is 10.3. The molecule has 0 radical (unpaired) electrons. The molecule has 1 aromatic carbocycles. The summed E-state index contributed by atoms with van der Waals surface area (Å²) in [5.41, 5.74) is 0.296. The number of alkyl halides is 3. The van der Waals surface area contributed by atoms with Crippen LogP contribution < -0.4 is 20.1 Å². The van der Waals surface area contributed by atoms with Gasteiger partial charge in [-0.3, -0.25) is 15.4 Å². The maximum absolute atomic E-state index is 13.6. The van der Waals surface area contributed by atoms with Crippen molar-refractivity contribution in [2.75, 3.05) is 11.9 Å². The van der Waals surface area contributed by atoms with E-state index in [0.717, 1.165) is 17.4 Å². The van der Waals surface area contributed by atoms with Crippen molar-refractivity contribution in [3.05, 3.63) is 34.3 Å². The number of esters is 1. The largest absolute Gasteiger partial charge is 0.492 e. The molecule has 2 N–H and O–H groups in total. The highest BCUT2D eigenvalue weighted by Crippen LogP contribution is 2.46. The molecular weight excluding hydrogens is 439 g/mol. The summed E-state index contributed by atoms with van der Waals surface area (Å²) in [6, 6.07) is 2.36. The molecule has 2 aromatic rings. The standard InChI is InChI=1S/C16H13ClF3N3O5S/c1-2-26-12(24)6-9-7-29-14(21-9)22-13(25)23-16(15(18,19)20)27-10-4-3-8(17)5-11(10)28-16/h3-5,7H,2,6H2,1H3,(H2,21,22,23,25)/t16-/m1/s1. The fraction of sp³-hybridized carbons (Fsp3) is 0.312. The van der Waals surface area contributed by atoms with Gasteiger partial charge in [-0.1, -0.05) is 11.6 Å². The highest BCUT2D eigenvalue weighted by molar-refractivity contribution is 7.13. The van der Waals surface area contributed by atoms with Gasteiger partial charge in [0.25, 0.3) is 0 Å². The van der Waals surface area contributed by atoms with Crippen LogP contribution >= 0.6 is 22.9 Å². The zero-order valence-electron chi connectivity index (χ0n) is 14.6. The Labute approximate surface area is 170 Å². The van der Waals surface area contributed by atoms with Crippen LogP contribution in [-0.4, -0.2) is 35.7 Å². The number of carbonyl (C=O) groups excluding carboxylic acids is 2. The summed E-state index contributed by atoms with van der Waals surface area (Å²) in [7, 11) is 0. The quantitative estimate of drug-likeness (QED) is 0.672. The van der Waals surface area contributed by atoms with Crippen molar-refractivity contribution in [2.45, 2.75) is 25.4 Å². The Hall–Kier alpha value is -2.73. The van der Waals surface area contributed by atoms with Crippen LogP contribution in [-0.2, 0) is 16.0 Å². The third-order valence-electron chi connectivity index (χ3n) is 3.47. The zero-order valence-corrected chi connectivity index (χ0v) is 16.2. The van der Waals surface area contributed by atoms with E-state index in [1.54, 1.807) is 12.2 Å². The van der Waals surface area contributed by atoms with Crippen molar-refractivity contribution in [3.63, 3.8) is 0 Å². The first kappa shape index (κ1) is 21.0. The van der Waals surface area contributed by atoms with Crippen LogP contribution in [0.25, 0.3) is 0 Å². The zero-order chi connectivity index (χ0) is 21.2. The van der Waals surface area contributed by atoms with E-state index in [0.29, 0.717) is 5.69 Å². The molecule has 1 aliphatic heterocycles. The fourth-order valence-electron chi connectivity index (χ4n) is 2.30. The molecule has 0 saturated heterocycles. The second kappa shape index (κ2) is 7.95. The van der Waals surface area contributed by atoms with Crippen molar-refractivity contribution >= 4 is 40.1 Å². The monoisotopic (exact) mass is 451 g/mol. The average molecular weight is 452 g/mol. The molecule has 0 saturated carbocycles. The number of thiazole rings is 1. The number of rotatable bonds is 5. The molecule has 13 heteroatoms. The number of aromatic nitrogens is 1. The lowest BCUT2D eigenvalue weighted by molar-refractivity contribution is -0.317. The second-order valence-electron chi connectivity index (χ2n) is 5.61. The van der Waals surface area contributed by atoms with Gasteiger partial charge in [-0.2, -0.15) is 13.2 Å². The Kier molecular flexibility index (Phi) is 5.75. The molecule has 29 heavy (non-hydrogen) atoms. The molecule has 156 valence electrons. The van der Waals surface area contributed by atoms with E-state index in [2.05, 4.69) is 10.3 Å². The van der Waals surface area contributed by atoms with Gasteiger partial charge in [0.05, 0.1) is 18.7 Å². The number of nitrogens with one attached hydrogen (secondary N) is 2. The van der Waals surface area contributed by atoms with Crippen LogP contribution in [0.2, 0.25) is 5.02 Å². The first-order valence-electron chi connectivity index (χ1n) is 8.05. The minimum absolute atomic E-state index is 0.0299. The summed E-state index contributed by atoms with van der Waals surface area (Å²) in [5, 5.41) is 5.34. The maximum Gasteiger partial charge on any atom is 0.492 e. The predicted molar refractivity (Wildman–Crippen MR) is 96.1 cm³/mol. The summed E-state index contributed by atoms with van der Waals surface area (Å²) >= 11 is 6.67. The number of carbonyl (C=O) groups is 2. The number of halogens is 4. The first-order valence-corrected chi connectivity index (χ1v) is 9.31. The smallest absolute Gasteiger partial charge is 0.466 e. The highest BCUT2D eigenvalue weighted by atomic mass is 35.5. The van der Waals surface area contributed by atoms with Crippen LogP contribution in [0.4, 0.5) is 23.1 Å².